The lowest BCUT2D eigenvalue weighted by atomic mass is 10.2. The van der Waals surface area contributed by atoms with Crippen molar-refractivity contribution in [2.75, 3.05) is 0 Å². The van der Waals surface area contributed by atoms with Crippen molar-refractivity contribution in [3.05, 3.63) is 61.8 Å². The number of hydrogen-bond donors (Lipinski definition) is 0. The Balaban J connectivity index is 3.98. The Morgan fingerprint density at radius 3 is 1.30 bits per heavy atom. The van der Waals surface area contributed by atoms with Crippen LogP contribution in [-0.2, 0) is 0 Å². The van der Waals surface area contributed by atoms with Crippen LogP contribution in [0.15, 0.2) is 61.8 Å². The number of allylic oxidation sites excluding steroid dienone is 6. The van der Waals surface area contributed by atoms with Gasteiger partial charge in [-0.25, -0.2) is 0 Å². The van der Waals surface area contributed by atoms with E-state index >= 15 is 0 Å². The van der Waals surface area contributed by atoms with Crippen LogP contribution in [0.3, 0.4) is 0 Å². The quantitative estimate of drug-likeness (QED) is 0.516. The van der Waals surface area contributed by atoms with Gasteiger partial charge >= 0.3 is 0 Å². The molecule has 0 N–H and O–H groups in total. The molecule has 0 fully saturated rings. The lowest BCUT2D eigenvalue weighted by Crippen LogP contribution is -1.66. The van der Waals surface area contributed by atoms with Gasteiger partial charge in [-0.05, 0) is 11.1 Å². The predicted octanol–water partition coefficient (Wildman–Crippen LogP) is 3.03. The molecular formula is C10H12. The number of rotatable bonds is 4. The second kappa shape index (κ2) is 4.57. The maximum atomic E-state index is 3.70. The Bertz CT molecular complexity index is 170. The summed E-state index contributed by atoms with van der Waals surface area (Å²) in [7, 11) is 0. The van der Waals surface area contributed by atoms with Crippen molar-refractivity contribution < 1.29 is 0 Å². The maximum absolute atomic E-state index is 3.70. The van der Waals surface area contributed by atoms with Crippen LogP contribution in [-0.4, -0.2) is 0 Å². The fourth-order valence-electron chi connectivity index (χ4n) is 0.350. The van der Waals surface area contributed by atoms with Crippen LogP contribution in [0.2, 0.25) is 0 Å². The molecule has 0 saturated heterocycles. The van der Waals surface area contributed by atoms with Gasteiger partial charge in [0.05, 0.1) is 0 Å². The van der Waals surface area contributed by atoms with E-state index in [2.05, 4.69) is 26.3 Å². The van der Waals surface area contributed by atoms with E-state index in [-0.39, 0.29) is 0 Å². The summed E-state index contributed by atoms with van der Waals surface area (Å²) in [5, 5.41) is 0. The molecule has 0 heteroatoms. The van der Waals surface area contributed by atoms with Gasteiger partial charge in [0.2, 0.25) is 0 Å². The van der Waals surface area contributed by atoms with Crippen molar-refractivity contribution >= 4 is 0 Å². The van der Waals surface area contributed by atoms with E-state index in [1.807, 2.05) is 12.2 Å². The summed E-state index contributed by atoms with van der Waals surface area (Å²) in [6, 6.07) is 0. The van der Waals surface area contributed by atoms with E-state index in [0.717, 1.165) is 11.1 Å². The Kier molecular flexibility index (Phi) is 3.97. The zero-order chi connectivity index (χ0) is 7.98. The normalized spacial score (nSPS) is 9.20. The molecule has 0 aliphatic heterocycles. The Hall–Kier alpha value is -1.30. The van der Waals surface area contributed by atoms with Gasteiger partial charge in [0.1, 0.15) is 0 Å². The van der Waals surface area contributed by atoms with E-state index in [9.17, 15) is 0 Å². The van der Waals surface area contributed by atoms with Crippen LogP contribution in [0.25, 0.3) is 0 Å². The van der Waals surface area contributed by atoms with Gasteiger partial charge < -0.3 is 0 Å². The molecule has 52 valence electrons. The summed E-state index contributed by atoms with van der Waals surface area (Å²) in [5.74, 6) is 0. The van der Waals surface area contributed by atoms with Crippen LogP contribution in [0.5, 0.6) is 0 Å². The first kappa shape index (κ1) is 8.70. The molecule has 0 spiro atoms. The van der Waals surface area contributed by atoms with Gasteiger partial charge in [-0.1, -0.05) is 50.6 Å². The molecule has 0 unspecified atom stereocenters. The van der Waals surface area contributed by atoms with Gasteiger partial charge in [-0.15, -0.1) is 0 Å². The van der Waals surface area contributed by atoms with Crippen LogP contribution in [0, 0.1) is 0 Å². The fraction of sp³-hybridized carbons (Fsp3) is 0. The molecule has 0 aromatic rings. The van der Waals surface area contributed by atoms with Gasteiger partial charge in [0.25, 0.3) is 0 Å². The molecule has 0 bridgehead atoms. The summed E-state index contributed by atoms with van der Waals surface area (Å²) in [6.07, 6.45) is 7.06. The molecule has 0 amide bonds. The summed E-state index contributed by atoms with van der Waals surface area (Å²) >= 11 is 0. The zero-order valence-corrected chi connectivity index (χ0v) is 6.14. The first-order valence-corrected chi connectivity index (χ1v) is 3.01. The van der Waals surface area contributed by atoms with Crippen molar-refractivity contribution in [3.63, 3.8) is 0 Å². The van der Waals surface area contributed by atoms with Crippen LogP contribution >= 0.6 is 0 Å². The summed E-state index contributed by atoms with van der Waals surface area (Å²) in [6.45, 7) is 14.5. The van der Waals surface area contributed by atoms with Gasteiger partial charge in [-0.2, -0.15) is 0 Å². The summed E-state index contributed by atoms with van der Waals surface area (Å²) in [5.41, 5.74) is 1.76. The van der Waals surface area contributed by atoms with Crippen LogP contribution < -0.4 is 0 Å². The Morgan fingerprint density at radius 1 is 0.800 bits per heavy atom. The molecule has 0 aliphatic carbocycles. The van der Waals surface area contributed by atoms with E-state index in [0.29, 0.717) is 0 Å². The topological polar surface area (TPSA) is 0 Å². The molecule has 0 aromatic carbocycles. The Labute approximate surface area is 62.6 Å². The standard InChI is InChI=1S/C10H12/c1-5-9(3)7-8-10(4)6-2/h5-8H,1-4H2/b8-7+. The van der Waals surface area contributed by atoms with Crippen molar-refractivity contribution in [3.8, 4) is 0 Å². The van der Waals surface area contributed by atoms with E-state index in [4.69, 9.17) is 0 Å². The third kappa shape index (κ3) is 3.67. The average Bonchev–Trinajstić information content (AvgIpc) is 1.99. The van der Waals surface area contributed by atoms with E-state index in [1.165, 1.54) is 0 Å². The van der Waals surface area contributed by atoms with Gasteiger partial charge in [-0.3, -0.25) is 0 Å². The van der Waals surface area contributed by atoms with Gasteiger partial charge in [0.15, 0.2) is 0 Å². The second-order valence-electron chi connectivity index (χ2n) is 1.89. The predicted molar refractivity (Wildman–Crippen MR) is 47.8 cm³/mol. The first-order chi connectivity index (χ1) is 4.70. The fourth-order valence-corrected chi connectivity index (χ4v) is 0.350. The lowest BCUT2D eigenvalue weighted by molar-refractivity contribution is 1.69. The molecule has 0 saturated carbocycles. The first-order valence-electron chi connectivity index (χ1n) is 3.01. The van der Waals surface area contributed by atoms with E-state index < -0.39 is 0 Å². The summed E-state index contributed by atoms with van der Waals surface area (Å²) in [4.78, 5) is 0. The van der Waals surface area contributed by atoms with E-state index in [1.54, 1.807) is 12.2 Å². The monoisotopic (exact) mass is 132 g/mol. The minimum absolute atomic E-state index is 0.878. The minimum atomic E-state index is 0.878. The minimum Gasteiger partial charge on any atom is -0.0985 e. The third-order valence-electron chi connectivity index (χ3n) is 1.04. The average molecular weight is 132 g/mol. The highest BCUT2D eigenvalue weighted by Crippen LogP contribution is 1.98. The highest BCUT2D eigenvalue weighted by molar-refractivity contribution is 5.34. The van der Waals surface area contributed by atoms with Crippen LogP contribution in [0.1, 0.15) is 0 Å². The van der Waals surface area contributed by atoms with Crippen molar-refractivity contribution in [2.24, 2.45) is 0 Å². The lowest BCUT2D eigenvalue weighted by Gasteiger charge is -1.87. The third-order valence-corrected chi connectivity index (χ3v) is 1.04. The highest BCUT2D eigenvalue weighted by atomic mass is 13.8. The van der Waals surface area contributed by atoms with Crippen LogP contribution in [0.4, 0.5) is 0 Å². The Morgan fingerprint density at radius 2 is 1.10 bits per heavy atom. The molecule has 0 radical (unpaired) electrons. The van der Waals surface area contributed by atoms with Crippen molar-refractivity contribution in [1.82, 2.24) is 0 Å². The number of hydrogen-bond acceptors (Lipinski definition) is 0. The molecule has 0 nitrogen and oxygen atoms in total. The highest BCUT2D eigenvalue weighted by Gasteiger charge is 1.77. The molecular weight excluding hydrogens is 120 g/mol. The SMILES string of the molecule is C=CC(=C)/C=C/C(=C)C=C. The molecule has 0 aromatic heterocycles. The zero-order valence-electron chi connectivity index (χ0n) is 6.14. The molecule has 10 heavy (non-hydrogen) atoms. The molecule has 0 heterocycles. The largest absolute Gasteiger partial charge is 0.0985 e. The maximum Gasteiger partial charge on any atom is -0.0334 e. The van der Waals surface area contributed by atoms with Crippen molar-refractivity contribution in [1.29, 1.82) is 0 Å². The van der Waals surface area contributed by atoms with Crippen molar-refractivity contribution in [2.45, 2.75) is 0 Å². The van der Waals surface area contributed by atoms with Gasteiger partial charge in [0, 0.05) is 0 Å². The molecule has 0 rings (SSSR count). The second-order valence-corrected chi connectivity index (χ2v) is 1.89. The molecule has 0 atom stereocenters. The summed E-state index contributed by atoms with van der Waals surface area (Å²) < 4.78 is 0. The molecule has 0 aliphatic rings. The smallest absolute Gasteiger partial charge is 0.0334 e.